The van der Waals surface area contributed by atoms with Crippen LogP contribution in [-0.4, -0.2) is 29.1 Å². The molecule has 4 nitrogen and oxygen atoms in total. The fourth-order valence-electron chi connectivity index (χ4n) is 9.49. The summed E-state index contributed by atoms with van der Waals surface area (Å²) in [6.45, 7) is 15.0. The maximum Gasteiger partial charge on any atom is 0.302 e. The average Bonchev–Trinajstić information content (AvgIpc) is 2.70. The highest BCUT2D eigenvalue weighted by molar-refractivity contribution is 5.94. The van der Waals surface area contributed by atoms with E-state index in [2.05, 4.69) is 34.6 Å². The SMILES string of the molecule is CCC1(C)CCCC2(C)C1CCC1(C)C3CC(O)C(C(C)=O)=CC3(C)C(OC(C)=O)CC21. The van der Waals surface area contributed by atoms with Crippen molar-refractivity contribution in [2.75, 3.05) is 0 Å². The van der Waals surface area contributed by atoms with E-state index < -0.39 is 11.5 Å². The largest absolute Gasteiger partial charge is 0.462 e. The van der Waals surface area contributed by atoms with Gasteiger partial charge in [0.1, 0.15) is 6.10 Å². The summed E-state index contributed by atoms with van der Waals surface area (Å²) < 4.78 is 6.05. The summed E-state index contributed by atoms with van der Waals surface area (Å²) in [7, 11) is 0. The Balaban J connectivity index is 1.83. The molecule has 3 fully saturated rings. The van der Waals surface area contributed by atoms with Crippen LogP contribution in [0, 0.1) is 39.4 Å². The van der Waals surface area contributed by atoms with Crippen LogP contribution >= 0.6 is 0 Å². The van der Waals surface area contributed by atoms with Gasteiger partial charge in [0.15, 0.2) is 5.78 Å². The van der Waals surface area contributed by atoms with Crippen LogP contribution < -0.4 is 0 Å². The number of aliphatic hydroxyl groups excluding tert-OH is 1. The molecule has 0 aromatic carbocycles. The molecular formula is C28H44O4. The Morgan fingerprint density at radius 1 is 1.00 bits per heavy atom. The number of rotatable bonds is 3. The second-order valence-electron chi connectivity index (χ2n) is 12.7. The third kappa shape index (κ3) is 3.26. The van der Waals surface area contributed by atoms with Gasteiger partial charge in [-0.2, -0.15) is 0 Å². The molecule has 1 N–H and O–H groups in total. The minimum Gasteiger partial charge on any atom is -0.462 e. The fourth-order valence-corrected chi connectivity index (χ4v) is 9.49. The van der Waals surface area contributed by atoms with Gasteiger partial charge < -0.3 is 9.84 Å². The number of carbonyl (C=O) groups is 2. The van der Waals surface area contributed by atoms with Crippen molar-refractivity contribution in [1.29, 1.82) is 0 Å². The lowest BCUT2D eigenvalue weighted by Crippen LogP contribution is -2.65. The number of esters is 1. The molecule has 9 atom stereocenters. The van der Waals surface area contributed by atoms with Crippen LogP contribution in [0.3, 0.4) is 0 Å². The van der Waals surface area contributed by atoms with Gasteiger partial charge in [0.2, 0.25) is 0 Å². The van der Waals surface area contributed by atoms with Crippen LogP contribution in [0.4, 0.5) is 0 Å². The van der Waals surface area contributed by atoms with Gasteiger partial charge in [-0.3, -0.25) is 9.59 Å². The monoisotopic (exact) mass is 444 g/mol. The molecular weight excluding hydrogens is 400 g/mol. The van der Waals surface area contributed by atoms with Crippen molar-refractivity contribution in [3.05, 3.63) is 11.6 Å². The van der Waals surface area contributed by atoms with Crippen molar-refractivity contribution in [3.63, 3.8) is 0 Å². The van der Waals surface area contributed by atoms with Gasteiger partial charge in [-0.05, 0) is 79.4 Å². The molecule has 0 radical (unpaired) electrons. The smallest absolute Gasteiger partial charge is 0.302 e. The third-order valence-corrected chi connectivity index (χ3v) is 11.2. The normalized spacial score (nSPS) is 50.4. The topological polar surface area (TPSA) is 63.6 Å². The number of hydrogen-bond acceptors (Lipinski definition) is 4. The van der Waals surface area contributed by atoms with Gasteiger partial charge in [-0.25, -0.2) is 0 Å². The van der Waals surface area contributed by atoms with Gasteiger partial charge in [-0.1, -0.05) is 53.5 Å². The Morgan fingerprint density at radius 2 is 1.66 bits per heavy atom. The summed E-state index contributed by atoms with van der Waals surface area (Å²) in [4.78, 5) is 24.5. The summed E-state index contributed by atoms with van der Waals surface area (Å²) in [5.41, 5.74) is 0.718. The molecule has 0 heterocycles. The van der Waals surface area contributed by atoms with Crippen molar-refractivity contribution in [2.24, 2.45) is 39.4 Å². The Kier molecular flexibility index (Phi) is 5.76. The van der Waals surface area contributed by atoms with Gasteiger partial charge in [0.05, 0.1) is 6.10 Å². The number of hydrogen-bond donors (Lipinski definition) is 1. The number of Topliss-reactive ketones (excluding diaryl/α,β-unsaturated/α-hetero) is 1. The summed E-state index contributed by atoms with van der Waals surface area (Å²) in [5, 5.41) is 11.0. The van der Waals surface area contributed by atoms with E-state index in [-0.39, 0.29) is 34.6 Å². The lowest BCUT2D eigenvalue weighted by molar-refractivity contribution is -0.228. The lowest BCUT2D eigenvalue weighted by atomic mass is 9.35. The molecule has 0 aromatic heterocycles. The predicted octanol–water partition coefficient (Wildman–Crippen LogP) is 5.86. The maximum atomic E-state index is 12.3. The second-order valence-corrected chi connectivity index (χ2v) is 12.7. The molecule has 0 saturated heterocycles. The third-order valence-electron chi connectivity index (χ3n) is 11.2. The molecule has 0 aromatic rings. The zero-order valence-corrected chi connectivity index (χ0v) is 21.3. The molecule has 180 valence electrons. The number of fused-ring (bicyclic) bond motifs is 5. The van der Waals surface area contributed by atoms with Gasteiger partial charge in [0, 0.05) is 17.9 Å². The Labute approximate surface area is 194 Å². The standard InChI is InChI=1S/C28H44O4/c1-8-25(4)11-9-12-26(5)21(25)10-13-27(6)22-14-20(31)19(17(2)29)16-28(22,7)24(15-23(26)27)32-18(3)30/h16,20-24,31H,8-15H2,1-7H3. The summed E-state index contributed by atoms with van der Waals surface area (Å²) in [5.74, 6) is 0.992. The van der Waals surface area contributed by atoms with Crippen LogP contribution in [0.15, 0.2) is 11.6 Å². The number of ether oxygens (including phenoxy) is 1. The first-order valence-electron chi connectivity index (χ1n) is 12.9. The van der Waals surface area contributed by atoms with E-state index in [1.54, 1.807) is 0 Å². The van der Waals surface area contributed by atoms with Gasteiger partial charge >= 0.3 is 5.97 Å². The summed E-state index contributed by atoms with van der Waals surface area (Å²) in [6.07, 6.45) is 9.86. The first kappa shape index (κ1) is 24.0. The lowest BCUT2D eigenvalue weighted by Gasteiger charge is -2.70. The quantitative estimate of drug-likeness (QED) is 0.554. The minimum atomic E-state index is -0.725. The van der Waals surface area contributed by atoms with E-state index in [0.717, 1.165) is 12.8 Å². The Bertz CT molecular complexity index is 831. The van der Waals surface area contributed by atoms with Crippen molar-refractivity contribution in [2.45, 2.75) is 112 Å². The van der Waals surface area contributed by atoms with Crippen LogP contribution in [-0.2, 0) is 14.3 Å². The molecule has 4 aliphatic carbocycles. The fraction of sp³-hybridized carbons (Fsp3) is 0.857. The van der Waals surface area contributed by atoms with Crippen molar-refractivity contribution < 1.29 is 19.4 Å². The van der Waals surface area contributed by atoms with Crippen LogP contribution in [0.5, 0.6) is 0 Å². The van der Waals surface area contributed by atoms with Crippen molar-refractivity contribution in [1.82, 2.24) is 0 Å². The van der Waals surface area contributed by atoms with E-state index in [4.69, 9.17) is 4.74 Å². The molecule has 9 unspecified atom stereocenters. The van der Waals surface area contributed by atoms with E-state index >= 15 is 0 Å². The van der Waals surface area contributed by atoms with Crippen LogP contribution in [0.1, 0.15) is 99.8 Å². The van der Waals surface area contributed by atoms with E-state index in [1.807, 2.05) is 6.08 Å². The zero-order valence-electron chi connectivity index (χ0n) is 21.3. The molecule has 4 heteroatoms. The number of carbonyl (C=O) groups excluding carboxylic acids is 2. The second kappa shape index (κ2) is 7.68. The Morgan fingerprint density at radius 3 is 2.25 bits per heavy atom. The van der Waals surface area contributed by atoms with E-state index in [9.17, 15) is 14.7 Å². The molecule has 0 amide bonds. The molecule has 4 rings (SSSR count). The molecule has 4 aliphatic rings. The zero-order chi connectivity index (χ0) is 23.7. The predicted molar refractivity (Wildman–Crippen MR) is 126 cm³/mol. The average molecular weight is 445 g/mol. The van der Waals surface area contributed by atoms with Gasteiger partial charge in [0.25, 0.3) is 0 Å². The first-order chi connectivity index (χ1) is 14.8. The molecule has 32 heavy (non-hydrogen) atoms. The van der Waals surface area contributed by atoms with Crippen LogP contribution in [0.2, 0.25) is 0 Å². The summed E-state index contributed by atoms with van der Waals surface area (Å²) >= 11 is 0. The maximum absolute atomic E-state index is 12.3. The number of ketones is 1. The highest BCUT2D eigenvalue weighted by Crippen LogP contribution is 2.72. The Hall–Kier alpha value is -1.16. The molecule has 0 bridgehead atoms. The summed E-state index contributed by atoms with van der Waals surface area (Å²) in [6, 6.07) is 0. The van der Waals surface area contributed by atoms with Gasteiger partial charge in [-0.15, -0.1) is 0 Å². The van der Waals surface area contributed by atoms with E-state index in [1.165, 1.54) is 46.0 Å². The highest BCUT2D eigenvalue weighted by Gasteiger charge is 2.67. The molecule has 0 spiro atoms. The first-order valence-corrected chi connectivity index (χ1v) is 12.9. The van der Waals surface area contributed by atoms with Crippen molar-refractivity contribution in [3.8, 4) is 0 Å². The number of aliphatic hydroxyl groups is 1. The van der Waals surface area contributed by atoms with Crippen LogP contribution in [0.25, 0.3) is 0 Å². The minimum absolute atomic E-state index is 0.0580. The van der Waals surface area contributed by atoms with E-state index in [0.29, 0.717) is 29.2 Å². The highest BCUT2D eigenvalue weighted by atomic mass is 16.5. The molecule has 0 aliphatic heterocycles. The molecule has 3 saturated carbocycles. The van der Waals surface area contributed by atoms with Crippen molar-refractivity contribution >= 4 is 11.8 Å².